The Kier molecular flexibility index (Phi) is 4.63. The summed E-state index contributed by atoms with van der Waals surface area (Å²) in [7, 11) is -1.37. The molecule has 0 spiro atoms. The summed E-state index contributed by atoms with van der Waals surface area (Å²) in [6.07, 6.45) is 0.242. The van der Waals surface area contributed by atoms with Crippen molar-refractivity contribution in [3.63, 3.8) is 0 Å². The number of nitrogens with one attached hydrogen (secondary N) is 2. The lowest BCUT2D eigenvalue weighted by molar-refractivity contribution is 0.0693. The number of nitrogens with zero attached hydrogens (tertiary/aromatic N) is 1. The van der Waals surface area contributed by atoms with Crippen LogP contribution in [0, 0.1) is 5.41 Å². The number of amides is 1. The molecule has 2 aromatic rings. The third kappa shape index (κ3) is 3.50. The van der Waals surface area contributed by atoms with Crippen LogP contribution in [0.3, 0.4) is 0 Å². The van der Waals surface area contributed by atoms with Crippen LogP contribution in [0.1, 0.15) is 37.4 Å². The summed E-state index contributed by atoms with van der Waals surface area (Å²) < 4.78 is 5.40. The number of carbonyl (C=O) groups is 2. The molecule has 2 aliphatic heterocycles. The van der Waals surface area contributed by atoms with Crippen molar-refractivity contribution < 1.29 is 24.4 Å². The highest BCUT2D eigenvalue weighted by molar-refractivity contribution is 6.47. The van der Waals surface area contributed by atoms with E-state index < -0.39 is 19.0 Å². The molecule has 2 aliphatic rings. The Morgan fingerprint density at radius 2 is 1.97 bits per heavy atom. The van der Waals surface area contributed by atoms with Gasteiger partial charge in [-0.3, -0.25) is 10.2 Å². The molecule has 0 saturated carbocycles. The van der Waals surface area contributed by atoms with Gasteiger partial charge in [0.1, 0.15) is 5.75 Å². The van der Waals surface area contributed by atoms with E-state index in [-0.39, 0.29) is 29.6 Å². The van der Waals surface area contributed by atoms with Crippen molar-refractivity contribution in [3.05, 3.63) is 64.2 Å². The quantitative estimate of drug-likeness (QED) is 0.286. The van der Waals surface area contributed by atoms with Gasteiger partial charge in [-0.05, 0) is 41.3 Å². The Bertz CT molecular complexity index is 1030. The van der Waals surface area contributed by atoms with Crippen molar-refractivity contribution in [2.75, 3.05) is 0 Å². The van der Waals surface area contributed by atoms with Crippen LogP contribution in [0.4, 0.5) is 0 Å². The number of fused-ring (bicyclic) bond motifs is 2. The average Bonchev–Trinajstić information content (AvgIpc) is 3.11. The lowest BCUT2D eigenvalue weighted by Gasteiger charge is -2.28. The van der Waals surface area contributed by atoms with Gasteiger partial charge in [0.15, 0.2) is 5.96 Å². The summed E-state index contributed by atoms with van der Waals surface area (Å²) in [6, 6.07) is 9.98. The average molecular weight is 394 g/mol. The molecule has 0 radical (unpaired) electrons. The second-order valence-electron chi connectivity index (χ2n) is 7.12. The number of rotatable bonds is 3. The summed E-state index contributed by atoms with van der Waals surface area (Å²) in [4.78, 5) is 25.7. The van der Waals surface area contributed by atoms with Crippen LogP contribution < -0.4 is 15.7 Å². The highest BCUT2D eigenvalue weighted by Crippen LogP contribution is 2.30. The number of hydrogen-bond acceptors (Lipinski definition) is 5. The highest BCUT2D eigenvalue weighted by Gasteiger charge is 2.38. The van der Waals surface area contributed by atoms with E-state index in [9.17, 15) is 19.7 Å². The SMILES string of the molecule is N=C(N)N1Cc2ccc(C(=O)NC3Cc4cccc(C(=O)O)c4OB3O)cc2C1. The van der Waals surface area contributed by atoms with Gasteiger partial charge in [-0.15, -0.1) is 0 Å². The zero-order valence-electron chi connectivity index (χ0n) is 15.4. The van der Waals surface area contributed by atoms with Gasteiger partial charge in [0.25, 0.3) is 5.91 Å². The molecule has 29 heavy (non-hydrogen) atoms. The molecule has 0 aromatic heterocycles. The van der Waals surface area contributed by atoms with Gasteiger partial charge < -0.3 is 30.7 Å². The number of carboxylic acid groups (broad SMARTS) is 1. The Balaban J connectivity index is 1.50. The van der Waals surface area contributed by atoms with E-state index in [2.05, 4.69) is 5.32 Å². The van der Waals surface area contributed by atoms with Gasteiger partial charge in [-0.1, -0.05) is 18.2 Å². The Hall–Kier alpha value is -3.53. The maximum absolute atomic E-state index is 12.7. The molecule has 2 heterocycles. The maximum Gasteiger partial charge on any atom is 0.547 e. The normalized spacial score (nSPS) is 17.2. The van der Waals surface area contributed by atoms with Crippen molar-refractivity contribution >= 4 is 25.0 Å². The first kappa shape index (κ1) is 18.8. The Morgan fingerprint density at radius 3 is 2.69 bits per heavy atom. The second-order valence-corrected chi connectivity index (χ2v) is 7.12. The van der Waals surface area contributed by atoms with Gasteiger partial charge >= 0.3 is 13.1 Å². The zero-order valence-corrected chi connectivity index (χ0v) is 15.4. The molecule has 10 heteroatoms. The van der Waals surface area contributed by atoms with E-state index in [0.717, 1.165) is 11.1 Å². The first-order chi connectivity index (χ1) is 13.8. The van der Waals surface area contributed by atoms with Crippen molar-refractivity contribution in [3.8, 4) is 5.75 Å². The highest BCUT2D eigenvalue weighted by atomic mass is 16.5. The van der Waals surface area contributed by atoms with E-state index in [0.29, 0.717) is 24.2 Å². The van der Waals surface area contributed by atoms with E-state index in [1.54, 1.807) is 29.2 Å². The van der Waals surface area contributed by atoms with Crippen LogP contribution in [0.15, 0.2) is 36.4 Å². The van der Waals surface area contributed by atoms with Gasteiger partial charge in [0.2, 0.25) is 0 Å². The fourth-order valence-electron chi connectivity index (χ4n) is 3.67. The number of para-hydroxylation sites is 1. The Labute approximate surface area is 166 Å². The monoisotopic (exact) mass is 394 g/mol. The van der Waals surface area contributed by atoms with Crippen LogP contribution in [0.2, 0.25) is 0 Å². The van der Waals surface area contributed by atoms with E-state index >= 15 is 0 Å². The molecule has 1 atom stereocenters. The van der Waals surface area contributed by atoms with Crippen molar-refractivity contribution in [2.45, 2.75) is 25.5 Å². The van der Waals surface area contributed by atoms with Crippen LogP contribution in [0.5, 0.6) is 5.75 Å². The number of benzene rings is 2. The topological polar surface area (TPSA) is 149 Å². The van der Waals surface area contributed by atoms with Crippen molar-refractivity contribution in [1.29, 1.82) is 5.41 Å². The van der Waals surface area contributed by atoms with Gasteiger partial charge in [-0.25, -0.2) is 4.79 Å². The molecule has 1 amide bonds. The standard InChI is InChI=1S/C19H19BN4O5/c21-19(22)24-8-12-5-4-11(6-13(12)9-24)17(25)23-15-7-10-2-1-3-14(18(26)27)16(10)29-20(15)28/h1-6,15,28H,7-9H2,(H3,21,22)(H,23,25)(H,26,27). The first-order valence-corrected chi connectivity index (χ1v) is 9.05. The summed E-state index contributed by atoms with van der Waals surface area (Å²) in [5.74, 6) is -2.14. The lowest BCUT2D eigenvalue weighted by Crippen LogP contribution is -2.53. The van der Waals surface area contributed by atoms with Crippen molar-refractivity contribution in [1.82, 2.24) is 10.2 Å². The summed E-state index contributed by atoms with van der Waals surface area (Å²) >= 11 is 0. The summed E-state index contributed by atoms with van der Waals surface area (Å²) in [5.41, 5.74) is 8.46. The molecule has 148 valence electrons. The molecule has 0 bridgehead atoms. The third-order valence-corrected chi connectivity index (χ3v) is 5.20. The fraction of sp³-hybridized carbons (Fsp3) is 0.211. The minimum atomic E-state index is -1.37. The molecule has 4 rings (SSSR count). The van der Waals surface area contributed by atoms with Crippen molar-refractivity contribution in [2.24, 2.45) is 5.73 Å². The van der Waals surface area contributed by atoms with E-state index in [4.69, 9.17) is 15.8 Å². The predicted octanol–water partition coefficient (Wildman–Crippen LogP) is 0.347. The van der Waals surface area contributed by atoms with Crippen LogP contribution in [0.25, 0.3) is 0 Å². The number of carbonyl (C=O) groups excluding carboxylic acids is 1. The summed E-state index contributed by atoms with van der Waals surface area (Å²) in [6.45, 7) is 0.997. The van der Waals surface area contributed by atoms with Gasteiger partial charge in [0, 0.05) is 18.7 Å². The van der Waals surface area contributed by atoms with Gasteiger partial charge in [-0.2, -0.15) is 0 Å². The predicted molar refractivity (Wildman–Crippen MR) is 105 cm³/mol. The molecule has 1 unspecified atom stereocenters. The smallest absolute Gasteiger partial charge is 0.534 e. The summed E-state index contributed by atoms with van der Waals surface area (Å²) in [5, 5.41) is 29.9. The van der Waals surface area contributed by atoms with Crippen LogP contribution in [-0.2, 0) is 19.5 Å². The second kappa shape index (κ2) is 7.14. The lowest BCUT2D eigenvalue weighted by atomic mass is 9.72. The molecule has 9 nitrogen and oxygen atoms in total. The number of aromatic carboxylic acids is 1. The third-order valence-electron chi connectivity index (χ3n) is 5.20. The zero-order chi connectivity index (χ0) is 20.7. The molecule has 0 saturated heterocycles. The van der Waals surface area contributed by atoms with Crippen LogP contribution >= 0.6 is 0 Å². The first-order valence-electron chi connectivity index (χ1n) is 9.05. The number of hydrogen-bond donors (Lipinski definition) is 5. The largest absolute Gasteiger partial charge is 0.547 e. The molecular formula is C19H19BN4O5. The van der Waals surface area contributed by atoms with Gasteiger partial charge in [0.05, 0.1) is 11.5 Å². The molecule has 0 aliphatic carbocycles. The minimum absolute atomic E-state index is 0.0194. The number of carboxylic acids is 1. The molecule has 6 N–H and O–H groups in total. The van der Waals surface area contributed by atoms with E-state index in [1.165, 1.54) is 6.07 Å². The number of nitrogens with two attached hydrogens (primary N) is 1. The minimum Gasteiger partial charge on any atom is -0.534 e. The van der Waals surface area contributed by atoms with Crippen LogP contribution in [-0.4, -0.2) is 45.9 Å². The molecule has 2 aromatic carbocycles. The Morgan fingerprint density at radius 1 is 1.21 bits per heavy atom. The number of guanidine groups is 1. The molecule has 0 fully saturated rings. The fourth-order valence-corrected chi connectivity index (χ4v) is 3.67. The maximum atomic E-state index is 12.7. The van der Waals surface area contributed by atoms with E-state index in [1.807, 2.05) is 6.07 Å². The molecular weight excluding hydrogens is 375 g/mol.